The minimum absolute atomic E-state index is 0.0527. The number of carbonyl (C=O) groups is 5. The number of fused-ring (bicyclic) bond motifs is 1. The minimum Gasteiger partial charge on any atom is -0.494 e. The second-order valence-corrected chi connectivity index (χ2v) is 23.6. The Bertz CT molecular complexity index is 3270. The zero-order valence-electron chi connectivity index (χ0n) is 54.1. The van der Waals surface area contributed by atoms with Gasteiger partial charge in [-0.15, -0.1) is 10.2 Å². The van der Waals surface area contributed by atoms with Gasteiger partial charge in [0, 0.05) is 83.0 Å². The summed E-state index contributed by atoms with van der Waals surface area (Å²) in [6.07, 6.45) is 9.82. The van der Waals surface area contributed by atoms with Crippen LogP contribution in [0.5, 0.6) is 5.75 Å². The Kier molecular flexibility index (Phi) is 28.3. The van der Waals surface area contributed by atoms with Crippen molar-refractivity contribution < 1.29 is 71.7 Å². The van der Waals surface area contributed by atoms with Gasteiger partial charge in [0.05, 0.1) is 166 Å². The number of H-pyrrole nitrogens is 1. The van der Waals surface area contributed by atoms with Gasteiger partial charge in [0.1, 0.15) is 23.6 Å². The largest absolute Gasteiger partial charge is 0.494 e. The normalized spacial score (nSPS) is 18.4. The average molecular weight is 1310 g/mol. The fourth-order valence-electron chi connectivity index (χ4n) is 11.6. The van der Waals surface area contributed by atoms with Gasteiger partial charge in [-0.1, -0.05) is 35.5 Å². The molecule has 29 heteroatoms. The second-order valence-electron chi connectivity index (χ2n) is 23.6. The molecule has 4 aromatic heterocycles. The summed E-state index contributed by atoms with van der Waals surface area (Å²) in [6.45, 7) is 16.0. The number of ether oxygens (including phenoxy) is 9. The Morgan fingerprint density at radius 2 is 1.35 bits per heavy atom. The van der Waals surface area contributed by atoms with Crippen LogP contribution in [0.2, 0.25) is 0 Å². The van der Waals surface area contributed by atoms with E-state index in [0.29, 0.717) is 180 Å². The number of ketones is 2. The van der Waals surface area contributed by atoms with E-state index in [2.05, 4.69) is 51.5 Å². The van der Waals surface area contributed by atoms with E-state index in [9.17, 15) is 34.3 Å². The molecule has 6 heterocycles. The Labute approximate surface area is 547 Å². The highest BCUT2D eigenvalue weighted by Gasteiger charge is 2.42. The first-order valence-corrected chi connectivity index (χ1v) is 32.7. The molecule has 29 nitrogen and oxygen atoms in total. The highest BCUT2D eigenvalue weighted by atomic mass is 16.6. The lowest BCUT2D eigenvalue weighted by molar-refractivity contribution is -0.147. The number of aromatic nitrogens is 8. The van der Waals surface area contributed by atoms with Crippen molar-refractivity contribution in [1.29, 1.82) is 5.26 Å². The van der Waals surface area contributed by atoms with E-state index in [1.54, 1.807) is 11.6 Å². The number of piperazine rings is 1. The molecule has 0 bridgehead atoms. The monoisotopic (exact) mass is 1310 g/mol. The van der Waals surface area contributed by atoms with Gasteiger partial charge in [0.2, 0.25) is 11.7 Å². The van der Waals surface area contributed by atoms with E-state index in [1.807, 2.05) is 41.4 Å². The summed E-state index contributed by atoms with van der Waals surface area (Å²) < 4.78 is 53.4. The van der Waals surface area contributed by atoms with Crippen LogP contribution in [0.4, 0.5) is 0 Å². The van der Waals surface area contributed by atoms with Crippen molar-refractivity contribution in [1.82, 2.24) is 64.6 Å². The smallest absolute Gasteiger partial charge is 0.295 e. The molecule has 2 saturated carbocycles. The summed E-state index contributed by atoms with van der Waals surface area (Å²) >= 11 is 0. The molecule has 2 saturated heterocycles. The van der Waals surface area contributed by atoms with E-state index >= 15 is 0 Å². The third-order valence-corrected chi connectivity index (χ3v) is 17.1. The highest BCUT2D eigenvalue weighted by molar-refractivity contribution is 6.45. The lowest BCUT2D eigenvalue weighted by Crippen LogP contribution is -2.58. The lowest BCUT2D eigenvalue weighted by atomic mass is 9.79. The van der Waals surface area contributed by atoms with E-state index in [4.69, 9.17) is 42.6 Å². The van der Waals surface area contributed by atoms with Crippen LogP contribution in [0, 0.1) is 17.2 Å². The number of carbonyl (C=O) groups excluding carboxylic acids is 5. The summed E-state index contributed by atoms with van der Waals surface area (Å²) in [4.78, 5) is 86.1. The van der Waals surface area contributed by atoms with Gasteiger partial charge >= 0.3 is 0 Å². The maximum absolute atomic E-state index is 13.9. The number of nitrogens with one attached hydrogen (secondary N) is 2. The van der Waals surface area contributed by atoms with Crippen LogP contribution in [0.25, 0.3) is 22.3 Å². The fourth-order valence-corrected chi connectivity index (χ4v) is 11.6. The number of benzene rings is 1. The summed E-state index contributed by atoms with van der Waals surface area (Å²) in [5, 5.41) is 36.1. The summed E-state index contributed by atoms with van der Waals surface area (Å²) in [7, 11) is 1.44. The quantitative estimate of drug-likeness (QED) is 0.0219. The molecule has 0 radical (unpaired) electrons. The summed E-state index contributed by atoms with van der Waals surface area (Å²) in [5.41, 5.74) is 3.52. The molecule has 3 N–H and O–H groups in total. The number of amides is 3. The standard InChI is InChI=1S/C65H90N14O15/c1-47(80)11-22-87-25-28-90-31-32-92-30-27-89-24-21-77-44-52(71-73-77)45-94-36-35-93-34-33-91-29-26-88-23-20-75-18-16-74(17-19-75)12-6-13-78(64(84)50-37-54(81)38-50)53-39-51(40-53)70-63(83)61-69-46-79(72-61)62-59-58(57(86-2)43-68-62)56(42-67-59)60(82)65(85)76-14-9-49(10-15-76)55(41-66)48-7-4-3-5-8-48/h3-5,7-8,42-44,46,50-51,53-54,67,81H,6,9-40,45H2,1-2H3,(H,70,83). The Morgan fingerprint density at radius 1 is 0.745 bits per heavy atom. The van der Waals surface area contributed by atoms with Crippen LogP contribution < -0.4 is 10.1 Å². The molecule has 0 atom stereocenters. The molecule has 94 heavy (non-hydrogen) atoms. The topological polar surface area (TPSA) is 328 Å². The first-order chi connectivity index (χ1) is 46.0. The van der Waals surface area contributed by atoms with Crippen molar-refractivity contribution in [3.63, 3.8) is 0 Å². The molecule has 3 amide bonds. The molecular formula is C65H90N14O15. The van der Waals surface area contributed by atoms with Crippen molar-refractivity contribution in [2.24, 2.45) is 5.92 Å². The number of aliphatic hydroxyl groups is 1. The van der Waals surface area contributed by atoms with Crippen molar-refractivity contribution >= 4 is 45.8 Å². The Hall–Kier alpha value is -7.47. The number of methoxy groups -OCH3 is 1. The molecule has 2 aliphatic carbocycles. The molecular weight excluding hydrogens is 1220 g/mol. The number of likely N-dealkylation sites (tertiary alicyclic amines) is 1. The maximum atomic E-state index is 13.9. The number of nitrogens with zero attached hydrogens (tertiary/aromatic N) is 12. The summed E-state index contributed by atoms with van der Waals surface area (Å²) in [6, 6.07) is 11.5. The molecule has 4 fully saturated rings. The molecule has 4 aliphatic rings. The molecule has 5 aromatic rings. The molecule has 510 valence electrons. The van der Waals surface area contributed by atoms with E-state index in [0.717, 1.165) is 62.5 Å². The average Bonchev–Trinajstić information content (AvgIpc) is 1.57. The van der Waals surface area contributed by atoms with E-state index in [1.165, 1.54) is 35.4 Å². The third-order valence-electron chi connectivity index (χ3n) is 17.1. The number of hydrogen-bond donors (Lipinski definition) is 3. The molecule has 9 rings (SSSR count). The van der Waals surface area contributed by atoms with E-state index in [-0.39, 0.29) is 65.7 Å². The number of allylic oxidation sites excluding steroid dienone is 1. The minimum atomic E-state index is -0.731. The zero-order chi connectivity index (χ0) is 65.9. The molecule has 2 aliphatic heterocycles. The predicted octanol–water partition coefficient (Wildman–Crippen LogP) is 2.71. The first kappa shape index (κ1) is 70.8. The van der Waals surface area contributed by atoms with Gasteiger partial charge in [-0.05, 0) is 69.6 Å². The van der Waals surface area contributed by atoms with Crippen molar-refractivity contribution in [2.75, 3.05) is 165 Å². The van der Waals surface area contributed by atoms with Gasteiger partial charge in [-0.3, -0.25) is 28.9 Å². The summed E-state index contributed by atoms with van der Waals surface area (Å²) in [5.74, 6) is -1.53. The molecule has 0 unspecified atom stereocenters. The van der Waals surface area contributed by atoms with Crippen LogP contribution in [-0.4, -0.2) is 277 Å². The number of piperidine rings is 1. The van der Waals surface area contributed by atoms with Crippen LogP contribution in [0.15, 0.2) is 60.8 Å². The zero-order valence-corrected chi connectivity index (χ0v) is 54.1. The van der Waals surface area contributed by atoms with Crippen LogP contribution in [0.3, 0.4) is 0 Å². The Morgan fingerprint density at radius 3 is 1.97 bits per heavy atom. The van der Waals surface area contributed by atoms with Gasteiger partial charge < -0.3 is 72.7 Å². The number of rotatable bonds is 42. The predicted molar refractivity (Wildman–Crippen MR) is 340 cm³/mol. The fraction of sp³-hybridized carbons (Fsp3) is 0.615. The number of hydrogen-bond acceptors (Lipinski definition) is 23. The first-order valence-electron chi connectivity index (χ1n) is 32.7. The molecule has 0 spiro atoms. The lowest BCUT2D eigenvalue weighted by Gasteiger charge is -2.46. The van der Waals surface area contributed by atoms with Gasteiger partial charge in [-0.2, -0.15) is 9.94 Å². The second kappa shape index (κ2) is 37.6. The van der Waals surface area contributed by atoms with Gasteiger partial charge in [0.25, 0.3) is 17.6 Å². The van der Waals surface area contributed by atoms with Crippen molar-refractivity contribution in [2.45, 2.75) is 89.6 Å². The van der Waals surface area contributed by atoms with E-state index < -0.39 is 23.7 Å². The van der Waals surface area contributed by atoms with Crippen molar-refractivity contribution in [3.8, 4) is 17.6 Å². The van der Waals surface area contributed by atoms with Gasteiger partial charge in [-0.25, -0.2) is 14.6 Å². The van der Waals surface area contributed by atoms with Crippen LogP contribution in [-0.2, 0) is 65.4 Å². The Balaban J connectivity index is 0.598. The van der Waals surface area contributed by atoms with Crippen molar-refractivity contribution in [3.05, 3.63) is 83.5 Å². The number of nitriles is 1. The number of pyridine rings is 1. The highest BCUT2D eigenvalue weighted by Crippen LogP contribution is 2.35. The number of Topliss-reactive ketones (excluding diaryl/α,β-unsaturated/α-hetero) is 2. The van der Waals surface area contributed by atoms with Crippen LogP contribution in [0.1, 0.15) is 90.5 Å². The number of aliphatic hydroxyl groups excluding tert-OH is 1. The number of aromatic amines is 1. The maximum Gasteiger partial charge on any atom is 0.295 e. The van der Waals surface area contributed by atoms with Crippen LogP contribution >= 0.6 is 0 Å². The van der Waals surface area contributed by atoms with Gasteiger partial charge in [0.15, 0.2) is 5.82 Å². The molecule has 1 aromatic carbocycles. The SMILES string of the molecule is COc1cnc(-n2cnc(C(=O)NC3CC(N(CCCN4CCN(CCOCCOCCOCCOCc5cn(CCOCCOCCOCCOCCC(C)=O)nn5)CC4)C(=O)C4CC(O)C4)C3)n2)c2[nH]cc(C(=O)C(=O)N3CCC(=C(C#N)c4ccccc4)CC3)c12. The third kappa shape index (κ3) is 21.0.